The number of halogens is 6. The minimum atomic E-state index is -4.47. The van der Waals surface area contributed by atoms with E-state index in [1.165, 1.54) is 11.1 Å². The first-order valence-electron chi connectivity index (χ1n) is 15.7. The molecule has 4 N–H and O–H groups in total. The van der Waals surface area contributed by atoms with Gasteiger partial charge in [0.2, 0.25) is 0 Å². The van der Waals surface area contributed by atoms with Crippen molar-refractivity contribution in [3.8, 4) is 0 Å². The second-order valence-corrected chi connectivity index (χ2v) is 11.7. The molecule has 2 unspecified atom stereocenters. The number of anilines is 2. The van der Waals surface area contributed by atoms with Crippen LogP contribution in [0, 0.1) is 0 Å². The highest BCUT2D eigenvalue weighted by molar-refractivity contribution is 6.03. The lowest BCUT2D eigenvalue weighted by atomic mass is 9.92. The fraction of sp³-hybridized carbons (Fsp3) is 0.314. The van der Waals surface area contributed by atoms with Gasteiger partial charge in [-0.3, -0.25) is 19.6 Å². The summed E-state index contributed by atoms with van der Waals surface area (Å²) in [4.78, 5) is 31.3. The summed E-state index contributed by atoms with van der Waals surface area (Å²) < 4.78 is 75.0. The molecule has 2 amide bonds. The van der Waals surface area contributed by atoms with Crippen molar-refractivity contribution >= 4 is 23.2 Å². The van der Waals surface area contributed by atoms with E-state index in [0.717, 1.165) is 69.7 Å². The van der Waals surface area contributed by atoms with Gasteiger partial charge in [-0.2, -0.15) is 26.3 Å². The number of piperidine rings is 1. The SMILES string of the molecule is O=C(Nc1ccc(C2CCCNC2)cc1)c1ccc(C(F)(F)F)cn1.O=C(Nc1ccc(C2CCNC2)cc1)c1ccc(C(F)(F)F)cn1. The Morgan fingerprint density at radius 1 is 0.592 bits per heavy atom. The van der Waals surface area contributed by atoms with Crippen molar-refractivity contribution in [2.24, 2.45) is 0 Å². The van der Waals surface area contributed by atoms with Gasteiger partial charge in [-0.25, -0.2) is 0 Å². The fourth-order valence-electron chi connectivity index (χ4n) is 5.53. The van der Waals surface area contributed by atoms with Crippen molar-refractivity contribution in [1.82, 2.24) is 20.6 Å². The van der Waals surface area contributed by atoms with Crippen molar-refractivity contribution in [2.45, 2.75) is 43.5 Å². The van der Waals surface area contributed by atoms with Crippen molar-refractivity contribution in [3.05, 3.63) is 119 Å². The molecule has 49 heavy (non-hydrogen) atoms. The standard InChI is InChI=1S/C18H18F3N3O.C17H16F3N3O/c19-18(20,21)14-5-8-16(23-11-14)17(25)24-15-6-3-12(4-7-15)13-2-1-9-22-10-13;18-17(19,20)13-3-6-15(22-10-13)16(24)23-14-4-1-11(2-5-14)12-7-8-21-9-12/h3-8,11,13,22H,1-2,9-10H2,(H,24,25);1-6,10,12,21H,7-9H2,(H,23,24). The van der Waals surface area contributed by atoms with Gasteiger partial charge in [0.1, 0.15) is 11.4 Å². The summed E-state index contributed by atoms with van der Waals surface area (Å²) >= 11 is 0. The molecule has 2 aliphatic heterocycles. The minimum absolute atomic E-state index is 0.0615. The molecule has 4 aromatic rings. The molecule has 0 radical (unpaired) electrons. The number of carbonyl (C=O) groups excluding carboxylic acids is 2. The van der Waals surface area contributed by atoms with Gasteiger partial charge in [-0.1, -0.05) is 24.3 Å². The number of carbonyl (C=O) groups is 2. The molecule has 2 fully saturated rings. The zero-order chi connectivity index (χ0) is 35.0. The van der Waals surface area contributed by atoms with Gasteiger partial charge in [0, 0.05) is 36.9 Å². The number of nitrogens with one attached hydrogen (secondary N) is 4. The molecule has 0 saturated carbocycles. The maximum atomic E-state index is 12.5. The molecule has 258 valence electrons. The fourth-order valence-corrected chi connectivity index (χ4v) is 5.53. The highest BCUT2D eigenvalue weighted by Crippen LogP contribution is 2.30. The molecule has 2 saturated heterocycles. The van der Waals surface area contributed by atoms with Crippen LogP contribution in [-0.4, -0.2) is 48.0 Å². The van der Waals surface area contributed by atoms with Crippen LogP contribution < -0.4 is 21.3 Å². The van der Waals surface area contributed by atoms with Crippen LogP contribution in [0.15, 0.2) is 85.2 Å². The van der Waals surface area contributed by atoms with Crippen LogP contribution in [0.25, 0.3) is 0 Å². The van der Waals surface area contributed by atoms with E-state index >= 15 is 0 Å². The van der Waals surface area contributed by atoms with Gasteiger partial charge >= 0.3 is 12.4 Å². The number of hydrogen-bond acceptors (Lipinski definition) is 6. The van der Waals surface area contributed by atoms with Crippen LogP contribution in [0.5, 0.6) is 0 Å². The quantitative estimate of drug-likeness (QED) is 0.160. The van der Waals surface area contributed by atoms with Gasteiger partial charge < -0.3 is 21.3 Å². The van der Waals surface area contributed by atoms with Crippen LogP contribution in [0.2, 0.25) is 0 Å². The molecule has 14 heteroatoms. The second kappa shape index (κ2) is 15.6. The summed E-state index contributed by atoms with van der Waals surface area (Å²) in [7, 11) is 0. The number of hydrogen-bond donors (Lipinski definition) is 4. The van der Waals surface area contributed by atoms with Gasteiger partial charge in [0.05, 0.1) is 11.1 Å². The molecular weight excluding hydrogens is 650 g/mol. The monoisotopic (exact) mass is 684 g/mol. The second-order valence-electron chi connectivity index (χ2n) is 11.7. The molecule has 2 aromatic heterocycles. The first kappa shape index (κ1) is 35.5. The average Bonchev–Trinajstić information content (AvgIpc) is 3.64. The summed E-state index contributed by atoms with van der Waals surface area (Å²) in [5, 5.41) is 11.9. The predicted molar refractivity (Wildman–Crippen MR) is 172 cm³/mol. The number of alkyl halides is 6. The summed E-state index contributed by atoms with van der Waals surface area (Å²) in [6, 6.07) is 18.8. The third kappa shape index (κ3) is 9.86. The van der Waals surface area contributed by atoms with E-state index in [9.17, 15) is 35.9 Å². The van der Waals surface area contributed by atoms with Gasteiger partial charge in [0.15, 0.2) is 0 Å². The van der Waals surface area contributed by atoms with E-state index in [1.807, 2.05) is 24.3 Å². The van der Waals surface area contributed by atoms with E-state index in [1.54, 1.807) is 24.3 Å². The zero-order valence-electron chi connectivity index (χ0n) is 26.2. The maximum Gasteiger partial charge on any atom is 0.417 e. The Bertz CT molecular complexity index is 1680. The van der Waals surface area contributed by atoms with Crippen LogP contribution in [0.3, 0.4) is 0 Å². The Labute approximate surface area is 278 Å². The number of pyridine rings is 2. The Morgan fingerprint density at radius 2 is 1.02 bits per heavy atom. The van der Waals surface area contributed by atoms with Crippen LogP contribution >= 0.6 is 0 Å². The molecule has 4 heterocycles. The molecule has 6 rings (SSSR count). The lowest BCUT2D eigenvalue weighted by Crippen LogP contribution is -2.28. The average molecular weight is 685 g/mol. The Kier molecular flexibility index (Phi) is 11.3. The van der Waals surface area contributed by atoms with Crippen molar-refractivity contribution in [1.29, 1.82) is 0 Å². The molecule has 0 aliphatic carbocycles. The van der Waals surface area contributed by atoms with Crippen molar-refractivity contribution in [3.63, 3.8) is 0 Å². The molecule has 2 aromatic carbocycles. The molecule has 2 aliphatic rings. The predicted octanol–water partition coefficient (Wildman–Crippen LogP) is 7.25. The highest BCUT2D eigenvalue weighted by Gasteiger charge is 2.32. The van der Waals surface area contributed by atoms with E-state index < -0.39 is 35.3 Å². The Hall–Kier alpha value is -4.82. The zero-order valence-corrected chi connectivity index (χ0v) is 26.2. The maximum absolute atomic E-state index is 12.5. The van der Waals surface area contributed by atoms with E-state index in [2.05, 4.69) is 31.2 Å². The number of rotatable bonds is 6. The smallest absolute Gasteiger partial charge is 0.321 e. The molecule has 2 atom stereocenters. The topological polar surface area (TPSA) is 108 Å². The molecule has 0 bridgehead atoms. The van der Waals surface area contributed by atoms with E-state index in [4.69, 9.17) is 0 Å². The van der Waals surface area contributed by atoms with Gasteiger partial charge in [-0.05, 0) is 104 Å². The number of nitrogens with zero attached hydrogens (tertiary/aromatic N) is 2. The number of amides is 2. The van der Waals surface area contributed by atoms with Crippen LogP contribution in [-0.2, 0) is 12.4 Å². The van der Waals surface area contributed by atoms with Gasteiger partial charge in [-0.15, -0.1) is 0 Å². The first-order chi connectivity index (χ1) is 23.4. The van der Waals surface area contributed by atoms with Gasteiger partial charge in [0.25, 0.3) is 11.8 Å². The van der Waals surface area contributed by atoms with E-state index in [0.29, 0.717) is 35.6 Å². The molecule has 8 nitrogen and oxygen atoms in total. The highest BCUT2D eigenvalue weighted by atomic mass is 19.4. The largest absolute Gasteiger partial charge is 0.417 e. The first-order valence-corrected chi connectivity index (χ1v) is 15.7. The summed E-state index contributed by atoms with van der Waals surface area (Å²) in [5.74, 6) is -0.138. The Balaban J connectivity index is 0.000000191. The number of benzene rings is 2. The lowest BCUT2D eigenvalue weighted by Gasteiger charge is -2.23. The van der Waals surface area contributed by atoms with Crippen molar-refractivity contribution in [2.75, 3.05) is 36.8 Å². The van der Waals surface area contributed by atoms with E-state index in [-0.39, 0.29) is 11.4 Å². The Morgan fingerprint density at radius 3 is 1.37 bits per heavy atom. The number of aromatic nitrogens is 2. The van der Waals surface area contributed by atoms with Crippen LogP contribution in [0.4, 0.5) is 37.7 Å². The molecular formula is C35H34F6N6O2. The van der Waals surface area contributed by atoms with Crippen LogP contribution in [0.1, 0.15) is 74.3 Å². The lowest BCUT2D eigenvalue weighted by molar-refractivity contribution is -0.138. The summed E-state index contributed by atoms with van der Waals surface area (Å²) in [6.07, 6.45) is -4.25. The summed E-state index contributed by atoms with van der Waals surface area (Å²) in [6.45, 7) is 3.94. The van der Waals surface area contributed by atoms with Crippen molar-refractivity contribution < 1.29 is 35.9 Å². The third-order valence-corrected chi connectivity index (χ3v) is 8.28. The minimum Gasteiger partial charge on any atom is -0.321 e. The summed E-state index contributed by atoms with van der Waals surface area (Å²) in [5.41, 5.74) is 1.68. The molecule has 0 spiro atoms. The third-order valence-electron chi connectivity index (χ3n) is 8.28. The normalized spacial score (nSPS) is 17.8.